The molecule has 0 spiro atoms. The van der Waals surface area contributed by atoms with E-state index < -0.39 is 0 Å². The maximum atomic E-state index is 4.62. The molecule has 0 saturated heterocycles. The zero-order chi connectivity index (χ0) is 13.0. The van der Waals surface area contributed by atoms with Crippen LogP contribution in [-0.2, 0) is 6.42 Å². The standard InChI is InChI=1S/C14H24N4/c1-4-9-15-13-10(3)14(16-11-7-6-8-11)18-12(5-2)17-13/h11H,4-9H2,1-3H3,(H2,15,16,17,18). The molecule has 0 aliphatic heterocycles. The van der Waals surface area contributed by atoms with Gasteiger partial charge in [0.15, 0.2) is 0 Å². The van der Waals surface area contributed by atoms with Crippen LogP contribution in [0, 0.1) is 6.92 Å². The van der Waals surface area contributed by atoms with Gasteiger partial charge in [-0.3, -0.25) is 0 Å². The Kier molecular flexibility index (Phi) is 4.39. The van der Waals surface area contributed by atoms with Gasteiger partial charge in [0.1, 0.15) is 17.5 Å². The second-order valence-electron chi connectivity index (χ2n) is 5.01. The molecular formula is C14H24N4. The van der Waals surface area contributed by atoms with Crippen molar-refractivity contribution < 1.29 is 0 Å². The first-order chi connectivity index (χ1) is 8.74. The highest BCUT2D eigenvalue weighted by molar-refractivity contribution is 5.57. The minimum Gasteiger partial charge on any atom is -0.370 e. The van der Waals surface area contributed by atoms with E-state index in [1.165, 1.54) is 19.3 Å². The zero-order valence-electron chi connectivity index (χ0n) is 11.7. The largest absolute Gasteiger partial charge is 0.370 e. The summed E-state index contributed by atoms with van der Waals surface area (Å²) < 4.78 is 0. The number of hydrogen-bond acceptors (Lipinski definition) is 4. The molecule has 1 aliphatic carbocycles. The highest BCUT2D eigenvalue weighted by atomic mass is 15.1. The Bertz CT molecular complexity index is 399. The van der Waals surface area contributed by atoms with Crippen LogP contribution in [0.5, 0.6) is 0 Å². The first-order valence-electron chi connectivity index (χ1n) is 7.12. The third-order valence-corrected chi connectivity index (χ3v) is 3.50. The lowest BCUT2D eigenvalue weighted by molar-refractivity contribution is 0.444. The molecule has 0 unspecified atom stereocenters. The molecule has 1 saturated carbocycles. The van der Waals surface area contributed by atoms with Gasteiger partial charge in [-0.1, -0.05) is 13.8 Å². The van der Waals surface area contributed by atoms with Gasteiger partial charge in [-0.15, -0.1) is 0 Å². The molecule has 0 amide bonds. The topological polar surface area (TPSA) is 49.8 Å². The molecule has 0 radical (unpaired) electrons. The van der Waals surface area contributed by atoms with Crippen molar-refractivity contribution in [2.75, 3.05) is 17.2 Å². The minimum absolute atomic E-state index is 0.613. The van der Waals surface area contributed by atoms with Gasteiger partial charge in [0.2, 0.25) is 0 Å². The molecule has 4 nitrogen and oxygen atoms in total. The van der Waals surface area contributed by atoms with E-state index in [0.29, 0.717) is 6.04 Å². The van der Waals surface area contributed by atoms with Crippen LogP contribution >= 0.6 is 0 Å². The number of nitrogens with one attached hydrogen (secondary N) is 2. The molecule has 0 atom stereocenters. The second-order valence-corrected chi connectivity index (χ2v) is 5.01. The summed E-state index contributed by atoms with van der Waals surface area (Å²) in [6, 6.07) is 0.613. The van der Waals surface area contributed by atoms with Crippen molar-refractivity contribution in [2.45, 2.75) is 58.9 Å². The van der Waals surface area contributed by atoms with Gasteiger partial charge < -0.3 is 10.6 Å². The number of hydrogen-bond donors (Lipinski definition) is 2. The van der Waals surface area contributed by atoms with Gasteiger partial charge in [0.25, 0.3) is 0 Å². The van der Waals surface area contributed by atoms with Crippen LogP contribution in [0.2, 0.25) is 0 Å². The molecule has 4 heteroatoms. The maximum absolute atomic E-state index is 4.62. The van der Waals surface area contributed by atoms with Gasteiger partial charge in [-0.2, -0.15) is 0 Å². The minimum atomic E-state index is 0.613. The van der Waals surface area contributed by atoms with Crippen LogP contribution in [0.3, 0.4) is 0 Å². The van der Waals surface area contributed by atoms with Crippen LogP contribution in [0.1, 0.15) is 50.9 Å². The molecule has 1 fully saturated rings. The SMILES string of the molecule is CCCNc1nc(CC)nc(NC2CCC2)c1C. The molecular weight excluding hydrogens is 224 g/mol. The Balaban J connectivity index is 2.19. The van der Waals surface area contributed by atoms with Crippen LogP contribution in [0.25, 0.3) is 0 Å². The van der Waals surface area contributed by atoms with E-state index in [-0.39, 0.29) is 0 Å². The Hall–Kier alpha value is -1.32. The van der Waals surface area contributed by atoms with E-state index >= 15 is 0 Å². The fourth-order valence-electron chi connectivity index (χ4n) is 2.02. The van der Waals surface area contributed by atoms with Gasteiger partial charge in [-0.25, -0.2) is 9.97 Å². The van der Waals surface area contributed by atoms with E-state index in [4.69, 9.17) is 0 Å². The fraction of sp³-hybridized carbons (Fsp3) is 0.714. The molecule has 1 aliphatic rings. The Labute approximate surface area is 110 Å². The summed E-state index contributed by atoms with van der Waals surface area (Å²) in [4.78, 5) is 9.20. The fourth-order valence-corrected chi connectivity index (χ4v) is 2.02. The van der Waals surface area contributed by atoms with Gasteiger partial charge >= 0.3 is 0 Å². The molecule has 0 aromatic carbocycles. The molecule has 1 aromatic rings. The number of aromatic nitrogens is 2. The predicted molar refractivity (Wildman–Crippen MR) is 76.2 cm³/mol. The molecule has 1 aromatic heterocycles. The Morgan fingerprint density at radius 2 is 1.89 bits per heavy atom. The monoisotopic (exact) mass is 248 g/mol. The van der Waals surface area contributed by atoms with Gasteiger partial charge in [0.05, 0.1) is 0 Å². The highest BCUT2D eigenvalue weighted by Gasteiger charge is 2.19. The number of nitrogens with zero attached hydrogens (tertiary/aromatic N) is 2. The smallest absolute Gasteiger partial charge is 0.134 e. The Morgan fingerprint density at radius 1 is 1.17 bits per heavy atom. The van der Waals surface area contributed by atoms with E-state index in [2.05, 4.69) is 41.4 Å². The average Bonchev–Trinajstić information content (AvgIpc) is 2.33. The normalized spacial score (nSPS) is 15.3. The molecule has 2 N–H and O–H groups in total. The second kappa shape index (κ2) is 6.03. The van der Waals surface area contributed by atoms with Crippen molar-refractivity contribution in [3.05, 3.63) is 11.4 Å². The quantitative estimate of drug-likeness (QED) is 0.812. The van der Waals surface area contributed by atoms with Gasteiger partial charge in [-0.05, 0) is 32.6 Å². The summed E-state index contributed by atoms with van der Waals surface area (Å²) in [6.07, 6.45) is 5.85. The van der Waals surface area contributed by atoms with Crippen molar-refractivity contribution in [1.29, 1.82) is 0 Å². The molecule has 0 bridgehead atoms. The summed E-state index contributed by atoms with van der Waals surface area (Å²) >= 11 is 0. The zero-order valence-corrected chi connectivity index (χ0v) is 11.7. The van der Waals surface area contributed by atoms with Crippen LogP contribution < -0.4 is 10.6 Å². The van der Waals surface area contributed by atoms with Crippen LogP contribution in [0.4, 0.5) is 11.6 Å². The molecule has 2 rings (SSSR count). The maximum Gasteiger partial charge on any atom is 0.134 e. The van der Waals surface area contributed by atoms with Crippen molar-refractivity contribution in [1.82, 2.24) is 9.97 Å². The van der Waals surface area contributed by atoms with Crippen molar-refractivity contribution in [3.8, 4) is 0 Å². The van der Waals surface area contributed by atoms with E-state index in [1.54, 1.807) is 0 Å². The molecule has 100 valence electrons. The number of aryl methyl sites for hydroxylation is 1. The molecule has 1 heterocycles. The first-order valence-corrected chi connectivity index (χ1v) is 7.12. The summed E-state index contributed by atoms with van der Waals surface area (Å²) in [5.74, 6) is 2.93. The third-order valence-electron chi connectivity index (χ3n) is 3.50. The third kappa shape index (κ3) is 2.92. The van der Waals surface area contributed by atoms with Gasteiger partial charge in [0, 0.05) is 24.6 Å². The van der Waals surface area contributed by atoms with E-state index in [0.717, 1.165) is 42.4 Å². The van der Waals surface area contributed by atoms with Crippen molar-refractivity contribution >= 4 is 11.6 Å². The highest BCUT2D eigenvalue weighted by Crippen LogP contribution is 2.26. The number of rotatable bonds is 6. The lowest BCUT2D eigenvalue weighted by atomic mass is 9.93. The lowest BCUT2D eigenvalue weighted by Gasteiger charge is -2.28. The van der Waals surface area contributed by atoms with Crippen molar-refractivity contribution in [2.24, 2.45) is 0 Å². The summed E-state index contributed by atoms with van der Waals surface area (Å²) in [5, 5.41) is 6.94. The van der Waals surface area contributed by atoms with E-state index in [1.807, 2.05) is 0 Å². The van der Waals surface area contributed by atoms with Crippen LogP contribution in [-0.4, -0.2) is 22.6 Å². The van der Waals surface area contributed by atoms with Crippen molar-refractivity contribution in [3.63, 3.8) is 0 Å². The van der Waals surface area contributed by atoms with E-state index in [9.17, 15) is 0 Å². The summed E-state index contributed by atoms with van der Waals surface area (Å²) in [6.45, 7) is 7.32. The summed E-state index contributed by atoms with van der Waals surface area (Å²) in [5.41, 5.74) is 1.15. The first kappa shape index (κ1) is 13.1. The van der Waals surface area contributed by atoms with Crippen LogP contribution in [0.15, 0.2) is 0 Å². The predicted octanol–water partition coefficient (Wildman–Crippen LogP) is 3.13. The molecule has 18 heavy (non-hydrogen) atoms. The number of anilines is 2. The lowest BCUT2D eigenvalue weighted by Crippen LogP contribution is -2.28. The summed E-state index contributed by atoms with van der Waals surface area (Å²) in [7, 11) is 0. The average molecular weight is 248 g/mol. The Morgan fingerprint density at radius 3 is 2.44 bits per heavy atom.